The Balaban J connectivity index is 1.72. The summed E-state index contributed by atoms with van der Waals surface area (Å²) in [6.07, 6.45) is -5.74. The van der Waals surface area contributed by atoms with E-state index in [-0.39, 0.29) is 5.75 Å². The van der Waals surface area contributed by atoms with Gasteiger partial charge in [0, 0.05) is 12.1 Å². The Hall–Kier alpha value is -3.68. The number of carbonyl (C=O) groups is 2. The highest BCUT2D eigenvalue weighted by Gasteiger charge is 2.58. The zero-order chi connectivity index (χ0) is 24.5. The summed E-state index contributed by atoms with van der Waals surface area (Å²) in [6, 6.07) is 7.37. The summed E-state index contributed by atoms with van der Waals surface area (Å²) >= 11 is 0. The number of aromatic hydroxyl groups is 3. The van der Waals surface area contributed by atoms with E-state index in [1.54, 1.807) is 0 Å². The van der Waals surface area contributed by atoms with Gasteiger partial charge in [-0.1, -0.05) is 18.2 Å². The lowest BCUT2D eigenvalue weighted by Crippen LogP contribution is -2.68. The minimum atomic E-state index is -3.21. The van der Waals surface area contributed by atoms with Gasteiger partial charge in [-0.25, -0.2) is 4.79 Å². The van der Waals surface area contributed by atoms with Crippen LogP contribution in [0.3, 0.4) is 0 Å². The number of aliphatic hydroxyl groups excluding tert-OH is 3. The number of carboxylic acid groups (broad SMARTS) is 1. The van der Waals surface area contributed by atoms with Crippen LogP contribution in [0.25, 0.3) is 6.08 Å². The zero-order valence-corrected chi connectivity index (χ0v) is 16.6. The number of carbonyl (C=O) groups excluding carboxylic acids is 1. The molecule has 3 rings (SSSR count). The van der Waals surface area contributed by atoms with Crippen LogP contribution in [-0.4, -0.2) is 83.0 Å². The minimum absolute atomic E-state index is 0.0210. The molecule has 2 aromatic carbocycles. The molecule has 0 amide bonds. The monoisotopic (exact) mass is 464 g/mol. The van der Waals surface area contributed by atoms with Crippen LogP contribution in [0.15, 0.2) is 42.5 Å². The third-order valence-electron chi connectivity index (χ3n) is 4.84. The number of ketones is 1. The predicted octanol–water partition coefficient (Wildman–Crippen LogP) is -0.710. The van der Waals surface area contributed by atoms with E-state index in [1.807, 2.05) is 0 Å². The maximum absolute atomic E-state index is 12.2. The summed E-state index contributed by atoms with van der Waals surface area (Å²) in [4.78, 5) is 23.4. The molecule has 1 aliphatic heterocycles. The number of carboxylic acids is 1. The minimum Gasteiger partial charge on any atom is -0.508 e. The molecule has 0 aliphatic carbocycles. The Labute approximate surface area is 185 Å². The Bertz CT molecular complexity index is 1060. The molecule has 5 unspecified atom stereocenters. The van der Waals surface area contributed by atoms with Gasteiger partial charge in [-0.3, -0.25) is 9.53 Å². The molecule has 12 nitrogen and oxygen atoms in total. The summed E-state index contributed by atoms with van der Waals surface area (Å²) in [7, 11) is 0. The molecule has 0 radical (unpaired) electrons. The highest BCUT2D eigenvalue weighted by molar-refractivity contribution is 6.10. The molecule has 5 atom stereocenters. The van der Waals surface area contributed by atoms with E-state index < -0.39 is 65.0 Å². The molecule has 0 aromatic heterocycles. The number of benzene rings is 2. The van der Waals surface area contributed by atoms with Crippen molar-refractivity contribution < 1.29 is 59.9 Å². The number of phenols is 3. The summed E-state index contributed by atoms with van der Waals surface area (Å²) in [5.41, 5.74) is 0.0511. The average Bonchev–Trinajstić information content (AvgIpc) is 2.74. The second kappa shape index (κ2) is 9.05. The van der Waals surface area contributed by atoms with Crippen molar-refractivity contribution in [2.45, 2.75) is 30.4 Å². The van der Waals surface area contributed by atoms with Crippen molar-refractivity contribution in [3.8, 4) is 23.0 Å². The highest BCUT2D eigenvalue weighted by Crippen LogP contribution is 2.33. The number of hydrogen-bond donors (Lipinski definition) is 8. The van der Waals surface area contributed by atoms with Gasteiger partial charge in [0.05, 0.1) is 0 Å². The predicted molar refractivity (Wildman–Crippen MR) is 107 cm³/mol. The number of hydrogen-bond acceptors (Lipinski definition) is 11. The van der Waals surface area contributed by atoms with Crippen LogP contribution in [0.1, 0.15) is 15.9 Å². The molecule has 1 heterocycles. The first kappa shape index (κ1) is 24.0. The van der Waals surface area contributed by atoms with Gasteiger partial charge in [0.2, 0.25) is 6.29 Å². The molecule has 8 N–H and O–H groups in total. The van der Waals surface area contributed by atoms with E-state index in [9.17, 15) is 45.3 Å². The second-order valence-electron chi connectivity index (χ2n) is 7.16. The normalized spacial score (nSPS) is 27.4. The molecule has 1 fully saturated rings. The van der Waals surface area contributed by atoms with Crippen molar-refractivity contribution in [3.05, 3.63) is 53.6 Å². The summed E-state index contributed by atoms with van der Waals surface area (Å²) in [5, 5.41) is 77.3. The van der Waals surface area contributed by atoms with E-state index >= 15 is 0 Å². The second-order valence-corrected chi connectivity index (χ2v) is 7.16. The van der Waals surface area contributed by atoms with Crippen LogP contribution in [-0.2, 0) is 9.53 Å². The number of aliphatic hydroxyl groups is 4. The van der Waals surface area contributed by atoms with E-state index in [2.05, 4.69) is 0 Å². The third-order valence-corrected chi connectivity index (χ3v) is 4.84. The van der Waals surface area contributed by atoms with Gasteiger partial charge in [-0.2, -0.15) is 0 Å². The summed E-state index contributed by atoms with van der Waals surface area (Å²) in [5.74, 6) is -7.56. The van der Waals surface area contributed by atoms with Crippen LogP contribution in [0.2, 0.25) is 0 Å². The van der Waals surface area contributed by atoms with Gasteiger partial charge < -0.3 is 45.6 Å². The molecule has 12 heteroatoms. The molecule has 0 saturated carbocycles. The number of allylic oxidation sites excluding steroid dienone is 1. The van der Waals surface area contributed by atoms with Crippen molar-refractivity contribution in [2.24, 2.45) is 0 Å². The van der Waals surface area contributed by atoms with Crippen molar-refractivity contribution in [2.75, 3.05) is 0 Å². The largest absolute Gasteiger partial charge is 0.508 e. The van der Waals surface area contributed by atoms with E-state index in [0.717, 1.165) is 18.2 Å². The van der Waals surface area contributed by atoms with Gasteiger partial charge in [-0.05, 0) is 23.8 Å². The van der Waals surface area contributed by atoms with Crippen LogP contribution in [0.4, 0.5) is 0 Å². The third kappa shape index (κ3) is 4.74. The molecule has 176 valence electrons. The van der Waals surface area contributed by atoms with E-state index in [4.69, 9.17) is 14.6 Å². The van der Waals surface area contributed by atoms with E-state index in [1.165, 1.54) is 30.3 Å². The van der Waals surface area contributed by atoms with E-state index in [0.29, 0.717) is 5.56 Å². The lowest BCUT2D eigenvalue weighted by Gasteiger charge is -2.42. The lowest BCUT2D eigenvalue weighted by molar-refractivity contribution is -0.365. The zero-order valence-electron chi connectivity index (χ0n) is 16.6. The van der Waals surface area contributed by atoms with Crippen LogP contribution >= 0.6 is 0 Å². The lowest BCUT2D eigenvalue weighted by atomic mass is 9.96. The Kier molecular flexibility index (Phi) is 6.58. The number of aliphatic carboxylic acids is 1. The first-order valence-corrected chi connectivity index (χ1v) is 9.36. The van der Waals surface area contributed by atoms with Crippen molar-refractivity contribution in [1.29, 1.82) is 0 Å². The maximum atomic E-state index is 12.2. The number of phenolic OH excluding ortho intramolecular Hbond substituents is 3. The summed E-state index contributed by atoms with van der Waals surface area (Å²) in [6.45, 7) is 0. The molecule has 1 saturated heterocycles. The SMILES string of the molecule is O=C(C=Cc1ccc(OC2OC(O)(C(=O)O)C(O)C(O)C2O)cc1)c1c(O)cc(O)cc1O. The van der Waals surface area contributed by atoms with Crippen molar-refractivity contribution in [3.63, 3.8) is 0 Å². The molecule has 0 bridgehead atoms. The highest BCUT2D eigenvalue weighted by atomic mass is 16.8. The molecule has 33 heavy (non-hydrogen) atoms. The maximum Gasteiger partial charge on any atom is 0.367 e. The average molecular weight is 464 g/mol. The van der Waals surface area contributed by atoms with Gasteiger partial charge in [-0.15, -0.1) is 0 Å². The topological polar surface area (TPSA) is 214 Å². The molecule has 1 aliphatic rings. The molecule has 0 spiro atoms. The number of rotatable bonds is 6. The van der Waals surface area contributed by atoms with Gasteiger partial charge in [0.25, 0.3) is 5.79 Å². The Morgan fingerprint density at radius 2 is 1.55 bits per heavy atom. The fraction of sp³-hybridized carbons (Fsp3) is 0.238. The first-order valence-electron chi connectivity index (χ1n) is 9.36. The standard InChI is InChI=1S/C21H20O12/c22-10-7-13(24)15(14(25)8-10)12(23)6-3-9-1-4-11(5-2-9)32-19-17(27)16(26)18(28)21(31,33-19)20(29)30/h1-8,16-19,22,24-28,31H,(H,29,30). The number of ether oxygens (including phenoxy) is 2. The molecular weight excluding hydrogens is 444 g/mol. The van der Waals surface area contributed by atoms with Crippen LogP contribution in [0.5, 0.6) is 23.0 Å². The van der Waals surface area contributed by atoms with Crippen molar-refractivity contribution in [1.82, 2.24) is 0 Å². The smallest absolute Gasteiger partial charge is 0.367 e. The van der Waals surface area contributed by atoms with Crippen LogP contribution in [0, 0.1) is 0 Å². The first-order chi connectivity index (χ1) is 15.4. The molecule has 2 aromatic rings. The van der Waals surface area contributed by atoms with Crippen molar-refractivity contribution >= 4 is 17.8 Å². The Morgan fingerprint density at radius 3 is 2.09 bits per heavy atom. The van der Waals surface area contributed by atoms with Crippen LogP contribution < -0.4 is 4.74 Å². The summed E-state index contributed by atoms with van der Waals surface area (Å²) < 4.78 is 10.1. The molecular formula is C21H20O12. The van der Waals surface area contributed by atoms with Gasteiger partial charge >= 0.3 is 5.97 Å². The Morgan fingerprint density at radius 1 is 0.970 bits per heavy atom. The van der Waals surface area contributed by atoms with Gasteiger partial charge in [0.1, 0.15) is 46.9 Å². The van der Waals surface area contributed by atoms with Gasteiger partial charge in [0.15, 0.2) is 5.78 Å². The fourth-order valence-electron chi connectivity index (χ4n) is 3.06. The quantitative estimate of drug-likeness (QED) is 0.197. The fourth-order valence-corrected chi connectivity index (χ4v) is 3.06.